The molecule has 0 unspecified atom stereocenters. The molecule has 1 aromatic carbocycles. The van der Waals surface area contributed by atoms with E-state index in [1.54, 1.807) is 0 Å². The van der Waals surface area contributed by atoms with Gasteiger partial charge in [-0.1, -0.05) is 40.7 Å². The Balaban J connectivity index is 1.84. The molecule has 3 rings (SSSR count). The van der Waals surface area contributed by atoms with Crippen LogP contribution in [0.15, 0.2) is 29.2 Å². The molecule has 1 heterocycles. The number of nitrogens with zero attached hydrogens (tertiary/aromatic N) is 1. The number of fused-ring (bicyclic) bond motifs is 1. The van der Waals surface area contributed by atoms with Gasteiger partial charge in [-0.15, -0.1) is 0 Å². The van der Waals surface area contributed by atoms with E-state index in [-0.39, 0.29) is 22.3 Å². The normalized spacial score (nSPS) is 28.0. The van der Waals surface area contributed by atoms with Crippen LogP contribution in [0.2, 0.25) is 0 Å². The lowest BCUT2D eigenvalue weighted by molar-refractivity contribution is -0.137. The highest BCUT2D eigenvalue weighted by Crippen LogP contribution is 2.64. The van der Waals surface area contributed by atoms with E-state index >= 15 is 0 Å². The Labute approximate surface area is 161 Å². The van der Waals surface area contributed by atoms with E-state index in [1.165, 1.54) is 18.2 Å². The van der Waals surface area contributed by atoms with Crippen molar-refractivity contribution >= 4 is 15.9 Å². The van der Waals surface area contributed by atoms with Crippen LogP contribution in [0.25, 0.3) is 0 Å². The quantitative estimate of drug-likeness (QED) is 0.851. The second-order valence-electron chi connectivity index (χ2n) is 9.56. The molecule has 1 aliphatic heterocycles. The van der Waals surface area contributed by atoms with Gasteiger partial charge in [0.15, 0.2) is 0 Å². The van der Waals surface area contributed by atoms with Gasteiger partial charge in [-0.05, 0) is 47.8 Å². The molecule has 0 radical (unpaired) electrons. The average molecular weight is 397 g/mol. The van der Waals surface area contributed by atoms with Gasteiger partial charge in [0.2, 0.25) is 15.9 Å². The molecule has 150 valence electrons. The Hall–Kier alpha value is -1.47. The number of nitrogens with one attached hydrogen (secondary N) is 1. The summed E-state index contributed by atoms with van der Waals surface area (Å²) in [6, 6.07) is 3.98. The van der Waals surface area contributed by atoms with Gasteiger partial charge in [0.05, 0.1) is 4.90 Å². The summed E-state index contributed by atoms with van der Waals surface area (Å²) in [5, 5.41) is 0. The molecule has 5 nitrogen and oxygen atoms in total. The molecule has 1 saturated carbocycles. The van der Waals surface area contributed by atoms with Gasteiger partial charge in [-0.25, -0.2) is 12.8 Å². The average Bonchev–Trinajstić information content (AvgIpc) is 2.88. The smallest absolute Gasteiger partial charge is 0.241 e. The third kappa shape index (κ3) is 3.51. The zero-order valence-corrected chi connectivity index (χ0v) is 17.6. The summed E-state index contributed by atoms with van der Waals surface area (Å²) in [7, 11) is -4.02. The second kappa shape index (κ2) is 6.27. The second-order valence-corrected chi connectivity index (χ2v) is 11.3. The lowest BCUT2D eigenvalue weighted by atomic mass is 9.86. The number of piperidine rings is 1. The van der Waals surface area contributed by atoms with Crippen molar-refractivity contribution in [1.82, 2.24) is 9.62 Å². The van der Waals surface area contributed by atoms with Crippen molar-refractivity contribution in [3.63, 3.8) is 0 Å². The molecule has 2 fully saturated rings. The van der Waals surface area contributed by atoms with Crippen LogP contribution in [-0.2, 0) is 14.8 Å². The maximum atomic E-state index is 13.5. The Morgan fingerprint density at radius 3 is 2.44 bits per heavy atom. The van der Waals surface area contributed by atoms with Crippen LogP contribution >= 0.6 is 0 Å². The first-order chi connectivity index (χ1) is 12.3. The van der Waals surface area contributed by atoms with Crippen molar-refractivity contribution in [2.75, 3.05) is 6.54 Å². The van der Waals surface area contributed by atoms with Gasteiger partial charge in [0.1, 0.15) is 11.9 Å². The van der Waals surface area contributed by atoms with Crippen LogP contribution in [0.1, 0.15) is 41.5 Å². The minimum absolute atomic E-state index is 0.0843. The van der Waals surface area contributed by atoms with E-state index in [1.807, 2.05) is 32.6 Å². The largest absolute Gasteiger partial charge is 0.338 e. The topological polar surface area (TPSA) is 66.5 Å². The summed E-state index contributed by atoms with van der Waals surface area (Å²) in [5.74, 6) is 0.0868. The number of likely N-dealkylation sites (tertiary alicyclic amines) is 1. The van der Waals surface area contributed by atoms with Gasteiger partial charge in [-0.3, -0.25) is 4.79 Å². The number of halogens is 1. The summed E-state index contributed by atoms with van der Waals surface area (Å²) < 4.78 is 41.6. The molecular formula is C20H29FN2O3S. The predicted octanol–water partition coefficient (Wildman–Crippen LogP) is 3.02. The van der Waals surface area contributed by atoms with Gasteiger partial charge < -0.3 is 4.90 Å². The minimum Gasteiger partial charge on any atom is -0.338 e. The van der Waals surface area contributed by atoms with Gasteiger partial charge in [0, 0.05) is 12.6 Å². The van der Waals surface area contributed by atoms with Crippen molar-refractivity contribution in [3.05, 3.63) is 30.1 Å². The van der Waals surface area contributed by atoms with Gasteiger partial charge >= 0.3 is 0 Å². The van der Waals surface area contributed by atoms with Crippen LogP contribution in [0, 0.1) is 28.5 Å². The number of amides is 1. The van der Waals surface area contributed by atoms with Crippen molar-refractivity contribution in [2.45, 2.75) is 58.5 Å². The van der Waals surface area contributed by atoms with Crippen LogP contribution in [0.5, 0.6) is 0 Å². The molecule has 7 heteroatoms. The standard InChI is InChI=1S/C20H29FN2O3S/c1-12-16-15(20(16,5)6)11-23(12)18(24)17(19(2,3)4)22-27(25,26)14-9-7-8-13(21)10-14/h7-10,12,15-17,22H,11H2,1-6H3/t12-,15+,16-,17-/m1/s1. The van der Waals surface area contributed by atoms with Gasteiger partial charge in [-0.2, -0.15) is 4.72 Å². The third-order valence-corrected chi connectivity index (χ3v) is 7.74. The molecule has 0 bridgehead atoms. The minimum atomic E-state index is -4.02. The molecule has 0 aromatic heterocycles. The summed E-state index contributed by atoms with van der Waals surface area (Å²) in [6.45, 7) is 12.6. The molecular weight excluding hydrogens is 367 g/mol. The molecule has 1 amide bonds. The zero-order chi connectivity index (χ0) is 20.4. The molecule has 1 saturated heterocycles. The number of benzene rings is 1. The first-order valence-electron chi connectivity index (χ1n) is 9.35. The predicted molar refractivity (Wildman–Crippen MR) is 102 cm³/mol. The van der Waals surface area contributed by atoms with E-state index < -0.39 is 27.3 Å². The van der Waals surface area contributed by atoms with Crippen LogP contribution in [0.4, 0.5) is 4.39 Å². The van der Waals surface area contributed by atoms with Crippen molar-refractivity contribution in [2.24, 2.45) is 22.7 Å². The highest BCUT2D eigenvalue weighted by atomic mass is 32.2. The number of sulfonamides is 1. The Morgan fingerprint density at radius 2 is 1.96 bits per heavy atom. The number of carbonyl (C=O) groups is 1. The Morgan fingerprint density at radius 1 is 1.33 bits per heavy atom. The number of hydrogen-bond donors (Lipinski definition) is 1. The molecule has 1 N–H and O–H groups in total. The maximum absolute atomic E-state index is 13.5. The van der Waals surface area contributed by atoms with Crippen LogP contribution < -0.4 is 4.72 Å². The van der Waals surface area contributed by atoms with Crippen LogP contribution in [-0.4, -0.2) is 37.9 Å². The first-order valence-corrected chi connectivity index (χ1v) is 10.8. The number of rotatable bonds is 4. The van der Waals surface area contributed by atoms with E-state index in [2.05, 4.69) is 18.6 Å². The Bertz CT molecular complexity index is 860. The van der Waals surface area contributed by atoms with Crippen molar-refractivity contribution in [3.8, 4) is 0 Å². The highest BCUT2D eigenvalue weighted by molar-refractivity contribution is 7.89. The maximum Gasteiger partial charge on any atom is 0.241 e. The highest BCUT2D eigenvalue weighted by Gasteiger charge is 2.66. The van der Waals surface area contributed by atoms with Crippen LogP contribution in [0.3, 0.4) is 0 Å². The summed E-state index contributed by atoms with van der Waals surface area (Å²) >= 11 is 0. The van der Waals surface area contributed by atoms with Gasteiger partial charge in [0.25, 0.3) is 0 Å². The molecule has 1 aliphatic carbocycles. The molecule has 4 atom stereocenters. The van der Waals surface area contributed by atoms with E-state index in [9.17, 15) is 17.6 Å². The third-order valence-electron chi connectivity index (χ3n) is 6.32. The molecule has 0 spiro atoms. The van der Waals surface area contributed by atoms with E-state index in [4.69, 9.17) is 0 Å². The van der Waals surface area contributed by atoms with E-state index in [0.29, 0.717) is 18.4 Å². The number of carbonyl (C=O) groups excluding carboxylic acids is 1. The number of hydrogen-bond acceptors (Lipinski definition) is 3. The lowest BCUT2D eigenvalue weighted by Gasteiger charge is -2.37. The summed E-state index contributed by atoms with van der Waals surface area (Å²) in [4.78, 5) is 14.9. The van der Waals surface area contributed by atoms with E-state index in [0.717, 1.165) is 6.07 Å². The summed E-state index contributed by atoms with van der Waals surface area (Å²) in [5.41, 5.74) is -0.381. The zero-order valence-electron chi connectivity index (χ0n) is 16.8. The fraction of sp³-hybridized carbons (Fsp3) is 0.650. The van der Waals surface area contributed by atoms with Crippen molar-refractivity contribution in [1.29, 1.82) is 0 Å². The molecule has 2 aliphatic rings. The Kier molecular flexibility index (Phi) is 4.71. The molecule has 27 heavy (non-hydrogen) atoms. The SMILES string of the molecule is C[C@@H]1[C@@H]2[C@H](CN1C(=O)[C@@H](NS(=O)(=O)c1cccc(F)c1)C(C)(C)C)C2(C)C. The molecule has 1 aromatic rings. The fourth-order valence-electron chi connectivity index (χ4n) is 4.58. The van der Waals surface area contributed by atoms with Crippen molar-refractivity contribution < 1.29 is 17.6 Å². The monoisotopic (exact) mass is 396 g/mol. The summed E-state index contributed by atoms with van der Waals surface area (Å²) in [6.07, 6.45) is 0. The lowest BCUT2D eigenvalue weighted by Crippen LogP contribution is -2.56. The first kappa shape index (κ1) is 20.3. The fourth-order valence-corrected chi connectivity index (χ4v) is 6.00.